The Balaban J connectivity index is 1.69. The molecule has 0 radical (unpaired) electrons. The molecule has 0 unspecified atom stereocenters. The number of carboxylic acids is 1. The van der Waals surface area contributed by atoms with E-state index in [1.165, 1.54) is 0 Å². The van der Waals surface area contributed by atoms with E-state index in [1.807, 2.05) is 54.6 Å². The molecule has 0 saturated carbocycles. The minimum atomic E-state index is -0.928. The van der Waals surface area contributed by atoms with Crippen molar-refractivity contribution in [2.24, 2.45) is 0 Å². The summed E-state index contributed by atoms with van der Waals surface area (Å²) < 4.78 is 11.3. The van der Waals surface area contributed by atoms with E-state index in [0.29, 0.717) is 24.0 Å². The van der Waals surface area contributed by atoms with Gasteiger partial charge in [-0.1, -0.05) is 30.3 Å². The molecule has 0 aliphatic carbocycles. The highest BCUT2D eigenvalue weighted by atomic mass is 16.5. The molecular weight excluding hydrogens is 306 g/mol. The van der Waals surface area contributed by atoms with Crippen molar-refractivity contribution in [1.82, 2.24) is 4.98 Å². The van der Waals surface area contributed by atoms with E-state index in [2.05, 4.69) is 4.98 Å². The van der Waals surface area contributed by atoms with Crippen LogP contribution in [0.15, 0.2) is 59.0 Å². The van der Waals surface area contributed by atoms with E-state index in [4.69, 9.17) is 14.3 Å². The zero-order valence-electron chi connectivity index (χ0n) is 13.2. The second-order valence-corrected chi connectivity index (χ2v) is 5.39. The fraction of sp³-hybridized carbons (Fsp3) is 0.158. The number of hydrogen-bond donors (Lipinski definition) is 1. The van der Waals surface area contributed by atoms with E-state index in [1.54, 1.807) is 6.92 Å². The normalized spacial score (nSPS) is 10.5. The maximum Gasteiger partial charge on any atom is 0.309 e. The highest BCUT2D eigenvalue weighted by Gasteiger charge is 2.14. The van der Waals surface area contributed by atoms with Crippen molar-refractivity contribution < 1.29 is 19.1 Å². The van der Waals surface area contributed by atoms with Gasteiger partial charge in [0.25, 0.3) is 0 Å². The Morgan fingerprint density at radius 2 is 1.83 bits per heavy atom. The molecule has 0 atom stereocenters. The zero-order chi connectivity index (χ0) is 16.9. The van der Waals surface area contributed by atoms with Gasteiger partial charge in [-0.05, 0) is 36.8 Å². The van der Waals surface area contributed by atoms with Gasteiger partial charge in [0.15, 0.2) is 0 Å². The second-order valence-electron chi connectivity index (χ2n) is 5.39. The number of benzene rings is 2. The molecule has 1 aromatic heterocycles. The lowest BCUT2D eigenvalue weighted by atomic mass is 10.2. The minimum Gasteiger partial charge on any atom is -0.489 e. The number of nitrogens with zero attached hydrogens (tertiary/aromatic N) is 1. The summed E-state index contributed by atoms with van der Waals surface area (Å²) in [6.07, 6.45) is -0.145. The maximum absolute atomic E-state index is 10.8. The van der Waals surface area contributed by atoms with Crippen LogP contribution in [-0.2, 0) is 17.8 Å². The first-order chi connectivity index (χ1) is 11.6. The summed E-state index contributed by atoms with van der Waals surface area (Å²) in [5, 5.41) is 8.86. The van der Waals surface area contributed by atoms with Gasteiger partial charge in [-0.3, -0.25) is 4.79 Å². The smallest absolute Gasteiger partial charge is 0.309 e. The molecule has 3 rings (SSSR count). The van der Waals surface area contributed by atoms with Crippen LogP contribution in [0, 0.1) is 6.92 Å². The Morgan fingerprint density at radius 3 is 2.50 bits per heavy atom. The van der Waals surface area contributed by atoms with E-state index < -0.39 is 5.97 Å². The van der Waals surface area contributed by atoms with Gasteiger partial charge in [-0.2, -0.15) is 0 Å². The summed E-state index contributed by atoms with van der Waals surface area (Å²) in [5.74, 6) is 0.759. The molecule has 5 nitrogen and oxygen atoms in total. The SMILES string of the molecule is Cc1oc(-c2ccc(OCc3ccccc3)cc2)nc1CC(=O)O. The van der Waals surface area contributed by atoms with Gasteiger partial charge in [0.1, 0.15) is 18.1 Å². The summed E-state index contributed by atoms with van der Waals surface area (Å²) in [7, 11) is 0. The molecule has 3 aromatic rings. The first kappa shape index (κ1) is 15.8. The number of oxazole rings is 1. The van der Waals surface area contributed by atoms with Crippen molar-refractivity contribution in [3.63, 3.8) is 0 Å². The molecule has 1 heterocycles. The summed E-state index contributed by atoms with van der Waals surface area (Å²) in [6, 6.07) is 17.3. The Morgan fingerprint density at radius 1 is 1.12 bits per heavy atom. The number of aromatic nitrogens is 1. The van der Waals surface area contributed by atoms with Crippen molar-refractivity contribution in [3.8, 4) is 17.2 Å². The molecule has 0 saturated heterocycles. The predicted molar refractivity (Wildman–Crippen MR) is 88.8 cm³/mol. The van der Waals surface area contributed by atoms with Crippen LogP contribution in [0.5, 0.6) is 5.75 Å². The molecule has 122 valence electrons. The van der Waals surface area contributed by atoms with Crippen molar-refractivity contribution in [2.45, 2.75) is 20.0 Å². The fourth-order valence-electron chi connectivity index (χ4n) is 2.29. The lowest BCUT2D eigenvalue weighted by Gasteiger charge is -2.06. The minimum absolute atomic E-state index is 0.145. The summed E-state index contributed by atoms with van der Waals surface area (Å²) in [4.78, 5) is 15.1. The van der Waals surface area contributed by atoms with Crippen molar-refractivity contribution in [3.05, 3.63) is 71.6 Å². The van der Waals surface area contributed by atoms with E-state index in [9.17, 15) is 4.79 Å². The average molecular weight is 323 g/mol. The molecule has 0 aliphatic heterocycles. The molecule has 5 heteroatoms. The molecule has 0 fully saturated rings. The topological polar surface area (TPSA) is 72.6 Å². The number of rotatable bonds is 6. The zero-order valence-corrected chi connectivity index (χ0v) is 13.2. The molecule has 0 aliphatic rings. The largest absolute Gasteiger partial charge is 0.489 e. The molecule has 2 aromatic carbocycles. The third-order valence-electron chi connectivity index (χ3n) is 3.56. The predicted octanol–water partition coefficient (Wildman–Crippen LogP) is 3.86. The van der Waals surface area contributed by atoms with Gasteiger partial charge in [0.2, 0.25) is 5.89 Å². The maximum atomic E-state index is 10.8. The standard InChI is InChI=1S/C19H17NO4/c1-13-17(11-18(21)22)20-19(24-13)15-7-9-16(10-8-15)23-12-14-5-3-2-4-6-14/h2-10H,11-12H2,1H3,(H,21,22). The van der Waals surface area contributed by atoms with Gasteiger partial charge < -0.3 is 14.3 Å². The van der Waals surface area contributed by atoms with Gasteiger partial charge in [0.05, 0.1) is 12.1 Å². The average Bonchev–Trinajstić information content (AvgIpc) is 2.94. The number of hydrogen-bond acceptors (Lipinski definition) is 4. The van der Waals surface area contributed by atoms with Gasteiger partial charge in [0, 0.05) is 5.56 Å². The van der Waals surface area contributed by atoms with E-state index in [0.717, 1.165) is 16.9 Å². The van der Waals surface area contributed by atoms with Crippen LogP contribution in [0.4, 0.5) is 0 Å². The van der Waals surface area contributed by atoms with Crippen LogP contribution in [-0.4, -0.2) is 16.1 Å². The monoisotopic (exact) mass is 323 g/mol. The van der Waals surface area contributed by atoms with E-state index >= 15 is 0 Å². The number of carboxylic acid groups (broad SMARTS) is 1. The molecule has 1 N–H and O–H groups in total. The van der Waals surface area contributed by atoms with Crippen molar-refractivity contribution in [2.75, 3.05) is 0 Å². The Kier molecular flexibility index (Phi) is 4.61. The van der Waals surface area contributed by atoms with E-state index in [-0.39, 0.29) is 6.42 Å². The van der Waals surface area contributed by atoms with Crippen LogP contribution in [0.25, 0.3) is 11.5 Å². The Labute approximate surface area is 139 Å². The number of ether oxygens (including phenoxy) is 1. The Hall–Kier alpha value is -3.08. The molecule has 0 bridgehead atoms. The lowest BCUT2D eigenvalue weighted by Crippen LogP contribution is -2.01. The van der Waals surface area contributed by atoms with Crippen LogP contribution in [0.3, 0.4) is 0 Å². The highest BCUT2D eigenvalue weighted by Crippen LogP contribution is 2.24. The summed E-state index contributed by atoms with van der Waals surface area (Å²) >= 11 is 0. The third kappa shape index (κ3) is 3.81. The van der Waals surface area contributed by atoms with Crippen LogP contribution in [0.2, 0.25) is 0 Å². The number of aliphatic carboxylic acids is 1. The van der Waals surface area contributed by atoms with Gasteiger partial charge in [-0.25, -0.2) is 4.98 Å². The number of aryl methyl sites for hydroxylation is 1. The van der Waals surface area contributed by atoms with Crippen LogP contribution >= 0.6 is 0 Å². The summed E-state index contributed by atoms with van der Waals surface area (Å²) in [6.45, 7) is 2.22. The highest BCUT2D eigenvalue weighted by molar-refractivity contribution is 5.70. The molecule has 0 amide bonds. The first-order valence-electron chi connectivity index (χ1n) is 7.57. The van der Waals surface area contributed by atoms with Gasteiger partial charge >= 0.3 is 5.97 Å². The first-order valence-corrected chi connectivity index (χ1v) is 7.57. The fourth-order valence-corrected chi connectivity index (χ4v) is 2.29. The van der Waals surface area contributed by atoms with Crippen molar-refractivity contribution >= 4 is 5.97 Å². The molecular formula is C19H17NO4. The number of carbonyl (C=O) groups is 1. The Bertz CT molecular complexity index is 822. The summed E-state index contributed by atoms with van der Waals surface area (Å²) in [5.41, 5.74) is 2.33. The quantitative estimate of drug-likeness (QED) is 0.746. The molecule has 24 heavy (non-hydrogen) atoms. The second kappa shape index (κ2) is 7.00. The van der Waals surface area contributed by atoms with Gasteiger partial charge in [-0.15, -0.1) is 0 Å². The van der Waals surface area contributed by atoms with Crippen molar-refractivity contribution in [1.29, 1.82) is 0 Å². The third-order valence-corrected chi connectivity index (χ3v) is 3.56. The molecule has 0 spiro atoms. The van der Waals surface area contributed by atoms with Crippen LogP contribution < -0.4 is 4.74 Å². The lowest BCUT2D eigenvalue weighted by molar-refractivity contribution is -0.136. The van der Waals surface area contributed by atoms with Crippen LogP contribution in [0.1, 0.15) is 17.0 Å².